The van der Waals surface area contributed by atoms with Gasteiger partial charge < -0.3 is 10.6 Å². The molecule has 0 radical (unpaired) electrons. The van der Waals surface area contributed by atoms with Crippen LogP contribution >= 0.6 is 11.6 Å². The van der Waals surface area contributed by atoms with Crippen molar-refractivity contribution >= 4 is 17.5 Å². The van der Waals surface area contributed by atoms with Crippen molar-refractivity contribution < 1.29 is 4.79 Å². The quantitative estimate of drug-likeness (QED) is 0.861. The van der Waals surface area contributed by atoms with Crippen molar-refractivity contribution in [3.63, 3.8) is 0 Å². The Morgan fingerprint density at radius 3 is 2.43 bits per heavy atom. The zero-order valence-corrected chi connectivity index (χ0v) is 12.7. The Labute approximate surface area is 130 Å². The molecular formula is C17H19ClN2O. The molecule has 4 heteroatoms. The third-order valence-corrected chi connectivity index (χ3v) is 3.63. The number of benzene rings is 2. The number of halogens is 1. The molecule has 0 aliphatic carbocycles. The summed E-state index contributed by atoms with van der Waals surface area (Å²) in [7, 11) is 0. The van der Waals surface area contributed by atoms with Gasteiger partial charge in [0.2, 0.25) is 5.91 Å². The SMILES string of the molecule is C[C@@H](NCc1ccccc1Cl)C(=O)NCc1ccccc1. The summed E-state index contributed by atoms with van der Waals surface area (Å²) >= 11 is 6.09. The Morgan fingerprint density at radius 2 is 1.71 bits per heavy atom. The largest absolute Gasteiger partial charge is 0.351 e. The Morgan fingerprint density at radius 1 is 1.05 bits per heavy atom. The maximum Gasteiger partial charge on any atom is 0.237 e. The van der Waals surface area contributed by atoms with Crippen molar-refractivity contribution in [1.29, 1.82) is 0 Å². The lowest BCUT2D eigenvalue weighted by Crippen LogP contribution is -2.41. The molecule has 1 atom stereocenters. The highest BCUT2D eigenvalue weighted by atomic mass is 35.5. The summed E-state index contributed by atoms with van der Waals surface area (Å²) < 4.78 is 0. The molecule has 0 heterocycles. The minimum absolute atomic E-state index is 0.0223. The Kier molecular flexibility index (Phi) is 5.78. The van der Waals surface area contributed by atoms with E-state index in [-0.39, 0.29) is 11.9 Å². The Hall–Kier alpha value is -1.84. The minimum Gasteiger partial charge on any atom is -0.351 e. The zero-order valence-electron chi connectivity index (χ0n) is 12.0. The highest BCUT2D eigenvalue weighted by Gasteiger charge is 2.12. The van der Waals surface area contributed by atoms with Crippen LogP contribution in [0, 0.1) is 0 Å². The highest BCUT2D eigenvalue weighted by molar-refractivity contribution is 6.31. The molecule has 0 bridgehead atoms. The van der Waals surface area contributed by atoms with Gasteiger partial charge in [0.15, 0.2) is 0 Å². The number of carbonyl (C=O) groups excluding carboxylic acids is 1. The maximum atomic E-state index is 12.0. The lowest BCUT2D eigenvalue weighted by molar-refractivity contribution is -0.122. The lowest BCUT2D eigenvalue weighted by Gasteiger charge is -2.14. The fourth-order valence-corrected chi connectivity index (χ4v) is 2.14. The first kappa shape index (κ1) is 15.5. The third kappa shape index (κ3) is 4.88. The van der Waals surface area contributed by atoms with Gasteiger partial charge in [0.1, 0.15) is 0 Å². The number of carbonyl (C=O) groups is 1. The second-order valence-corrected chi connectivity index (χ2v) is 5.30. The molecule has 0 saturated heterocycles. The molecule has 110 valence electrons. The minimum atomic E-state index is -0.273. The van der Waals surface area contributed by atoms with Crippen LogP contribution in [0.15, 0.2) is 54.6 Å². The second-order valence-electron chi connectivity index (χ2n) is 4.90. The number of hydrogen-bond acceptors (Lipinski definition) is 2. The van der Waals surface area contributed by atoms with Gasteiger partial charge in [-0.1, -0.05) is 60.1 Å². The molecule has 2 rings (SSSR count). The van der Waals surface area contributed by atoms with Crippen LogP contribution in [0.2, 0.25) is 5.02 Å². The fourth-order valence-electron chi connectivity index (χ4n) is 1.94. The normalized spacial score (nSPS) is 11.9. The van der Waals surface area contributed by atoms with Crippen LogP contribution in [0.3, 0.4) is 0 Å². The molecule has 0 aliphatic heterocycles. The zero-order chi connectivity index (χ0) is 15.1. The second kappa shape index (κ2) is 7.81. The maximum absolute atomic E-state index is 12.0. The summed E-state index contributed by atoms with van der Waals surface area (Å²) in [5.74, 6) is -0.0223. The average Bonchev–Trinajstić information content (AvgIpc) is 2.52. The number of hydrogen-bond donors (Lipinski definition) is 2. The Balaban J connectivity index is 1.79. The average molecular weight is 303 g/mol. The van der Waals surface area contributed by atoms with E-state index in [0.717, 1.165) is 11.1 Å². The van der Waals surface area contributed by atoms with E-state index in [2.05, 4.69) is 10.6 Å². The van der Waals surface area contributed by atoms with Crippen LogP contribution in [-0.4, -0.2) is 11.9 Å². The van der Waals surface area contributed by atoms with Gasteiger partial charge in [0, 0.05) is 18.1 Å². The Bertz CT molecular complexity index is 586. The molecule has 0 aromatic heterocycles. The number of nitrogens with one attached hydrogen (secondary N) is 2. The van der Waals surface area contributed by atoms with Gasteiger partial charge in [-0.25, -0.2) is 0 Å². The molecule has 0 spiro atoms. The van der Waals surface area contributed by atoms with Crippen molar-refractivity contribution in [2.24, 2.45) is 0 Å². The van der Waals surface area contributed by atoms with Crippen LogP contribution in [0.25, 0.3) is 0 Å². The van der Waals surface area contributed by atoms with E-state index in [9.17, 15) is 4.79 Å². The van der Waals surface area contributed by atoms with Crippen molar-refractivity contribution in [2.75, 3.05) is 0 Å². The topological polar surface area (TPSA) is 41.1 Å². The first-order valence-electron chi connectivity index (χ1n) is 6.95. The summed E-state index contributed by atoms with van der Waals surface area (Å²) in [4.78, 5) is 12.0. The van der Waals surface area contributed by atoms with E-state index in [1.807, 2.05) is 61.5 Å². The molecule has 0 fully saturated rings. The van der Waals surface area contributed by atoms with Gasteiger partial charge >= 0.3 is 0 Å². The van der Waals surface area contributed by atoms with E-state index in [1.54, 1.807) is 0 Å². The molecule has 21 heavy (non-hydrogen) atoms. The van der Waals surface area contributed by atoms with Crippen molar-refractivity contribution in [3.05, 3.63) is 70.7 Å². The van der Waals surface area contributed by atoms with E-state index < -0.39 is 0 Å². The molecule has 2 aromatic rings. The van der Waals surface area contributed by atoms with Crippen LogP contribution < -0.4 is 10.6 Å². The van der Waals surface area contributed by atoms with E-state index >= 15 is 0 Å². The summed E-state index contributed by atoms with van der Waals surface area (Å²) in [5, 5.41) is 6.80. The fraction of sp³-hybridized carbons (Fsp3) is 0.235. The van der Waals surface area contributed by atoms with Gasteiger partial charge in [-0.2, -0.15) is 0 Å². The van der Waals surface area contributed by atoms with Crippen LogP contribution in [0.1, 0.15) is 18.1 Å². The first-order valence-corrected chi connectivity index (χ1v) is 7.33. The van der Waals surface area contributed by atoms with Gasteiger partial charge in [0.05, 0.1) is 6.04 Å². The lowest BCUT2D eigenvalue weighted by atomic mass is 10.2. The molecule has 3 nitrogen and oxygen atoms in total. The summed E-state index contributed by atoms with van der Waals surface area (Å²) in [6.45, 7) is 2.95. The standard InChI is InChI=1S/C17H19ClN2O/c1-13(19-12-15-9-5-6-10-16(15)18)17(21)20-11-14-7-3-2-4-8-14/h2-10,13,19H,11-12H2,1H3,(H,20,21)/t13-/m1/s1. The predicted molar refractivity (Wildman–Crippen MR) is 86.0 cm³/mol. The van der Waals surface area contributed by atoms with Gasteiger partial charge in [-0.3, -0.25) is 4.79 Å². The van der Waals surface area contributed by atoms with E-state index in [4.69, 9.17) is 11.6 Å². The molecule has 1 amide bonds. The van der Waals surface area contributed by atoms with Crippen LogP contribution in [-0.2, 0) is 17.9 Å². The summed E-state index contributed by atoms with van der Waals surface area (Å²) in [6, 6.07) is 17.2. The number of rotatable bonds is 6. The molecular weight excluding hydrogens is 284 g/mol. The van der Waals surface area contributed by atoms with Crippen LogP contribution in [0.5, 0.6) is 0 Å². The van der Waals surface area contributed by atoms with Crippen molar-refractivity contribution in [2.45, 2.75) is 26.1 Å². The number of amides is 1. The monoisotopic (exact) mass is 302 g/mol. The molecule has 2 N–H and O–H groups in total. The third-order valence-electron chi connectivity index (χ3n) is 3.26. The van der Waals surface area contributed by atoms with Crippen molar-refractivity contribution in [1.82, 2.24) is 10.6 Å². The van der Waals surface area contributed by atoms with E-state index in [0.29, 0.717) is 18.1 Å². The summed E-state index contributed by atoms with van der Waals surface area (Å²) in [6.07, 6.45) is 0. The van der Waals surface area contributed by atoms with Gasteiger partial charge in [-0.15, -0.1) is 0 Å². The van der Waals surface area contributed by atoms with Gasteiger partial charge in [-0.05, 0) is 24.1 Å². The molecule has 0 saturated carbocycles. The summed E-state index contributed by atoms with van der Waals surface area (Å²) in [5.41, 5.74) is 2.08. The highest BCUT2D eigenvalue weighted by Crippen LogP contribution is 2.14. The van der Waals surface area contributed by atoms with Crippen molar-refractivity contribution in [3.8, 4) is 0 Å². The molecule has 2 aromatic carbocycles. The smallest absolute Gasteiger partial charge is 0.237 e. The molecule has 0 unspecified atom stereocenters. The van der Waals surface area contributed by atoms with Crippen LogP contribution in [0.4, 0.5) is 0 Å². The predicted octanol–water partition coefficient (Wildman–Crippen LogP) is 3.13. The van der Waals surface area contributed by atoms with Gasteiger partial charge in [0.25, 0.3) is 0 Å². The first-order chi connectivity index (χ1) is 10.2. The van der Waals surface area contributed by atoms with E-state index in [1.165, 1.54) is 0 Å². The molecule has 0 aliphatic rings.